The van der Waals surface area contributed by atoms with Gasteiger partial charge < -0.3 is 20.1 Å². The van der Waals surface area contributed by atoms with Gasteiger partial charge in [0.1, 0.15) is 0 Å². The van der Waals surface area contributed by atoms with E-state index in [1.807, 2.05) is 0 Å². The molecule has 2 N–H and O–H groups in total. The summed E-state index contributed by atoms with van der Waals surface area (Å²) in [5.74, 6) is -1.42. The molecule has 1 aliphatic heterocycles. The van der Waals surface area contributed by atoms with E-state index in [1.54, 1.807) is 0 Å². The van der Waals surface area contributed by atoms with Crippen LogP contribution in [0.15, 0.2) is 18.2 Å². The van der Waals surface area contributed by atoms with Gasteiger partial charge in [0.25, 0.3) is 0 Å². The second-order valence-corrected chi connectivity index (χ2v) is 5.20. The largest absolute Gasteiger partial charge is 0.490 e. The summed E-state index contributed by atoms with van der Waals surface area (Å²) >= 11 is 0. The molecule has 2 rings (SSSR count). The molecule has 1 heterocycles. The highest BCUT2D eigenvalue weighted by molar-refractivity contribution is 5.90. The van der Waals surface area contributed by atoms with Gasteiger partial charge in [-0.3, -0.25) is 14.9 Å². The number of methoxy groups -OCH3 is 1. The van der Waals surface area contributed by atoms with Crippen LogP contribution in [0.2, 0.25) is 0 Å². The van der Waals surface area contributed by atoms with E-state index >= 15 is 0 Å². The third-order valence-corrected chi connectivity index (χ3v) is 3.68. The number of carbonyl (C=O) groups excluding carboxylic acids is 1. The van der Waals surface area contributed by atoms with Crippen molar-refractivity contribution in [3.8, 4) is 5.75 Å². The molecule has 2 amide bonds. The zero-order chi connectivity index (χ0) is 17.0. The Morgan fingerprint density at radius 1 is 1.48 bits per heavy atom. The van der Waals surface area contributed by atoms with Crippen molar-refractivity contribution in [3.05, 3.63) is 28.3 Å². The molecular weight excluding hydrogens is 306 g/mol. The molecule has 9 heteroatoms. The number of nitro benzene ring substituents is 1. The monoisotopic (exact) mass is 323 g/mol. The Kier molecular flexibility index (Phi) is 4.99. The van der Waals surface area contributed by atoms with Crippen molar-refractivity contribution in [3.63, 3.8) is 0 Å². The van der Waals surface area contributed by atoms with Crippen molar-refractivity contribution in [2.75, 3.05) is 25.5 Å². The second kappa shape index (κ2) is 6.95. The third-order valence-electron chi connectivity index (χ3n) is 3.68. The normalized spacial score (nSPS) is 17.4. The lowest BCUT2D eigenvalue weighted by Crippen LogP contribution is -2.44. The van der Waals surface area contributed by atoms with Crippen LogP contribution in [0, 0.1) is 16.0 Å². The first-order chi connectivity index (χ1) is 10.9. The Morgan fingerprint density at radius 2 is 2.22 bits per heavy atom. The maximum atomic E-state index is 12.2. The minimum absolute atomic E-state index is 0.0944. The fourth-order valence-corrected chi connectivity index (χ4v) is 2.48. The van der Waals surface area contributed by atoms with Gasteiger partial charge in [-0.25, -0.2) is 4.79 Å². The van der Waals surface area contributed by atoms with Crippen LogP contribution in [0.4, 0.5) is 16.2 Å². The molecule has 1 saturated heterocycles. The fourth-order valence-electron chi connectivity index (χ4n) is 2.48. The Balaban J connectivity index is 2.09. The molecule has 1 unspecified atom stereocenters. The van der Waals surface area contributed by atoms with E-state index in [2.05, 4.69) is 5.32 Å². The van der Waals surface area contributed by atoms with E-state index in [1.165, 1.54) is 30.2 Å². The molecule has 1 aromatic carbocycles. The lowest BCUT2D eigenvalue weighted by molar-refractivity contribution is -0.385. The summed E-state index contributed by atoms with van der Waals surface area (Å²) in [5.41, 5.74) is -0.00712. The Bertz CT molecular complexity index is 633. The van der Waals surface area contributed by atoms with Crippen molar-refractivity contribution < 1.29 is 24.4 Å². The van der Waals surface area contributed by atoms with Crippen LogP contribution in [0.3, 0.4) is 0 Å². The third kappa shape index (κ3) is 3.87. The number of hydrogen-bond acceptors (Lipinski definition) is 5. The number of likely N-dealkylation sites (tertiary alicyclic amines) is 1. The lowest BCUT2D eigenvalue weighted by Gasteiger charge is -2.30. The first kappa shape index (κ1) is 16.5. The van der Waals surface area contributed by atoms with Crippen LogP contribution >= 0.6 is 0 Å². The van der Waals surface area contributed by atoms with Crippen LogP contribution in [0.25, 0.3) is 0 Å². The number of nitrogens with one attached hydrogen (secondary N) is 1. The average molecular weight is 323 g/mol. The summed E-state index contributed by atoms with van der Waals surface area (Å²) < 4.78 is 4.89. The number of nitro groups is 1. The van der Waals surface area contributed by atoms with Gasteiger partial charge in [0.15, 0.2) is 5.75 Å². The van der Waals surface area contributed by atoms with Crippen molar-refractivity contribution in [1.82, 2.24) is 4.90 Å². The van der Waals surface area contributed by atoms with Gasteiger partial charge in [0.05, 0.1) is 18.0 Å². The summed E-state index contributed by atoms with van der Waals surface area (Å²) in [6, 6.07) is 3.61. The number of carbonyl (C=O) groups is 2. The smallest absolute Gasteiger partial charge is 0.321 e. The number of urea groups is 1. The molecule has 0 aromatic heterocycles. The fraction of sp³-hybridized carbons (Fsp3) is 0.429. The number of piperidine rings is 1. The Hall–Kier alpha value is -2.84. The molecule has 0 aliphatic carbocycles. The maximum absolute atomic E-state index is 12.2. The molecule has 0 saturated carbocycles. The number of ether oxygens (including phenoxy) is 1. The first-order valence-corrected chi connectivity index (χ1v) is 7.03. The predicted octanol–water partition coefficient (Wildman–Crippen LogP) is 1.93. The average Bonchev–Trinajstić information content (AvgIpc) is 2.54. The molecule has 124 valence electrons. The van der Waals surface area contributed by atoms with E-state index in [9.17, 15) is 19.7 Å². The highest BCUT2D eigenvalue weighted by atomic mass is 16.6. The van der Waals surface area contributed by atoms with Crippen LogP contribution in [-0.2, 0) is 4.79 Å². The number of hydrogen-bond donors (Lipinski definition) is 2. The second-order valence-electron chi connectivity index (χ2n) is 5.20. The number of amides is 2. The van der Waals surface area contributed by atoms with Crippen molar-refractivity contribution in [2.45, 2.75) is 12.8 Å². The molecule has 0 bridgehead atoms. The zero-order valence-electron chi connectivity index (χ0n) is 12.5. The summed E-state index contributed by atoms with van der Waals surface area (Å²) in [4.78, 5) is 35.0. The van der Waals surface area contributed by atoms with Gasteiger partial charge in [0, 0.05) is 24.8 Å². The molecule has 1 fully saturated rings. The predicted molar refractivity (Wildman–Crippen MR) is 80.6 cm³/mol. The zero-order valence-corrected chi connectivity index (χ0v) is 12.5. The van der Waals surface area contributed by atoms with Crippen molar-refractivity contribution >= 4 is 23.4 Å². The highest BCUT2D eigenvalue weighted by Gasteiger charge is 2.28. The lowest BCUT2D eigenvalue weighted by atomic mass is 9.99. The topological polar surface area (TPSA) is 122 Å². The van der Waals surface area contributed by atoms with Crippen LogP contribution in [0.1, 0.15) is 12.8 Å². The summed E-state index contributed by atoms with van der Waals surface area (Å²) in [7, 11) is 1.32. The number of benzene rings is 1. The number of carboxylic acid groups (broad SMARTS) is 1. The summed E-state index contributed by atoms with van der Waals surface area (Å²) in [6.45, 7) is 0.577. The van der Waals surface area contributed by atoms with Crippen molar-refractivity contribution in [1.29, 1.82) is 0 Å². The van der Waals surface area contributed by atoms with Gasteiger partial charge in [-0.1, -0.05) is 0 Å². The van der Waals surface area contributed by atoms with E-state index in [0.29, 0.717) is 19.4 Å². The van der Waals surface area contributed by atoms with Crippen LogP contribution in [0.5, 0.6) is 5.75 Å². The van der Waals surface area contributed by atoms with E-state index in [-0.39, 0.29) is 23.7 Å². The first-order valence-electron chi connectivity index (χ1n) is 7.03. The minimum atomic E-state index is -0.928. The number of aliphatic carboxylic acids is 1. The van der Waals surface area contributed by atoms with Crippen LogP contribution < -0.4 is 10.1 Å². The molecule has 0 radical (unpaired) electrons. The van der Waals surface area contributed by atoms with E-state index in [0.717, 1.165) is 0 Å². The number of rotatable bonds is 4. The molecule has 1 aromatic rings. The molecular formula is C14H17N3O6. The molecule has 1 atom stereocenters. The SMILES string of the molecule is COc1ccc(NC(=O)N2CCCC(C(=O)O)C2)cc1[N+](=O)[O-]. The van der Waals surface area contributed by atoms with Gasteiger partial charge >= 0.3 is 17.7 Å². The van der Waals surface area contributed by atoms with E-state index in [4.69, 9.17) is 9.84 Å². The van der Waals surface area contributed by atoms with Gasteiger partial charge in [-0.2, -0.15) is 0 Å². The molecule has 23 heavy (non-hydrogen) atoms. The molecule has 9 nitrogen and oxygen atoms in total. The summed E-state index contributed by atoms with van der Waals surface area (Å²) in [5, 5.41) is 22.6. The number of nitrogens with zero attached hydrogens (tertiary/aromatic N) is 2. The quantitative estimate of drug-likeness (QED) is 0.645. The number of carboxylic acids is 1. The Labute approximate surface area is 132 Å². The molecule has 0 spiro atoms. The maximum Gasteiger partial charge on any atom is 0.321 e. The Morgan fingerprint density at radius 3 is 2.83 bits per heavy atom. The van der Waals surface area contributed by atoms with Gasteiger partial charge in [-0.05, 0) is 25.0 Å². The van der Waals surface area contributed by atoms with Crippen molar-refractivity contribution in [2.24, 2.45) is 5.92 Å². The molecule has 1 aliphatic rings. The van der Waals surface area contributed by atoms with E-state index < -0.39 is 22.8 Å². The van der Waals surface area contributed by atoms with Crippen LogP contribution in [-0.4, -0.2) is 47.1 Å². The van der Waals surface area contributed by atoms with Gasteiger partial charge in [0.2, 0.25) is 0 Å². The highest BCUT2D eigenvalue weighted by Crippen LogP contribution is 2.30. The minimum Gasteiger partial charge on any atom is -0.490 e. The number of anilines is 1. The van der Waals surface area contributed by atoms with Gasteiger partial charge in [-0.15, -0.1) is 0 Å². The standard InChI is InChI=1S/C14H17N3O6/c1-23-12-5-4-10(7-11(12)17(21)22)15-14(20)16-6-2-3-9(8-16)13(18)19/h4-5,7,9H,2-3,6,8H2,1H3,(H,15,20)(H,18,19). The summed E-state index contributed by atoms with van der Waals surface area (Å²) in [6.07, 6.45) is 1.14.